The van der Waals surface area contributed by atoms with Gasteiger partial charge in [-0.3, -0.25) is 9.69 Å². The first-order valence-electron chi connectivity index (χ1n) is 8.23. The largest absolute Gasteiger partial charge is 0.401 e. The summed E-state index contributed by atoms with van der Waals surface area (Å²) in [5.74, 6) is -0.304. The van der Waals surface area contributed by atoms with Crippen molar-refractivity contribution < 1.29 is 18.0 Å². The Balaban J connectivity index is 1.57. The van der Waals surface area contributed by atoms with Crippen molar-refractivity contribution in [3.63, 3.8) is 0 Å². The van der Waals surface area contributed by atoms with E-state index in [1.165, 1.54) is 15.4 Å². The van der Waals surface area contributed by atoms with Crippen LogP contribution in [0.3, 0.4) is 0 Å². The molecule has 3 rings (SSSR count). The number of hydrogen-bond acceptors (Lipinski definition) is 3. The lowest BCUT2D eigenvalue weighted by atomic mass is 9.95. The number of halogens is 3. The molecule has 3 heterocycles. The fraction of sp³-hybridized carbons (Fsp3) is 0.588. The van der Waals surface area contributed by atoms with Crippen LogP contribution in [-0.4, -0.2) is 54.6 Å². The maximum Gasteiger partial charge on any atom is 0.401 e. The van der Waals surface area contributed by atoms with E-state index < -0.39 is 12.7 Å². The van der Waals surface area contributed by atoms with Gasteiger partial charge in [-0.25, -0.2) is 0 Å². The van der Waals surface area contributed by atoms with Crippen LogP contribution in [0.15, 0.2) is 23.6 Å². The molecule has 1 aromatic rings. The summed E-state index contributed by atoms with van der Waals surface area (Å²) in [4.78, 5) is 17.0. The van der Waals surface area contributed by atoms with Crippen molar-refractivity contribution in [1.29, 1.82) is 0 Å². The van der Waals surface area contributed by atoms with E-state index in [2.05, 4.69) is 12.1 Å². The van der Waals surface area contributed by atoms with Gasteiger partial charge in [0.05, 0.1) is 12.5 Å². The quantitative estimate of drug-likeness (QED) is 0.824. The first-order valence-corrected chi connectivity index (χ1v) is 9.11. The SMILES string of the molecule is O=C(C1CCCN(CC(F)(F)F)C1)N1CC=C(c2cccs2)CC1. The zero-order valence-corrected chi connectivity index (χ0v) is 14.2. The Morgan fingerprint density at radius 3 is 2.79 bits per heavy atom. The minimum absolute atomic E-state index is 0.00311. The number of alkyl halides is 3. The molecule has 1 atom stereocenters. The van der Waals surface area contributed by atoms with Gasteiger partial charge in [0.15, 0.2) is 0 Å². The van der Waals surface area contributed by atoms with Gasteiger partial charge in [0.25, 0.3) is 0 Å². The van der Waals surface area contributed by atoms with Crippen LogP contribution < -0.4 is 0 Å². The Labute approximate surface area is 143 Å². The van der Waals surface area contributed by atoms with Crippen LogP contribution in [0.2, 0.25) is 0 Å². The van der Waals surface area contributed by atoms with Crippen LogP contribution in [0.5, 0.6) is 0 Å². The van der Waals surface area contributed by atoms with E-state index in [1.54, 1.807) is 16.2 Å². The third-order valence-corrected chi connectivity index (χ3v) is 5.56. The summed E-state index contributed by atoms with van der Waals surface area (Å²) < 4.78 is 37.7. The lowest BCUT2D eigenvalue weighted by Crippen LogP contribution is -2.48. The van der Waals surface area contributed by atoms with Gasteiger partial charge in [-0.05, 0) is 42.8 Å². The van der Waals surface area contributed by atoms with Gasteiger partial charge in [0, 0.05) is 24.5 Å². The number of carbonyl (C=O) groups is 1. The molecule has 1 amide bonds. The number of likely N-dealkylation sites (tertiary alicyclic amines) is 1. The van der Waals surface area contributed by atoms with Gasteiger partial charge in [0.1, 0.15) is 0 Å². The summed E-state index contributed by atoms with van der Waals surface area (Å²) in [7, 11) is 0. The van der Waals surface area contributed by atoms with Gasteiger partial charge in [-0.1, -0.05) is 12.1 Å². The van der Waals surface area contributed by atoms with Gasteiger partial charge in [-0.15, -0.1) is 11.3 Å². The number of amides is 1. The first-order chi connectivity index (χ1) is 11.4. The second kappa shape index (κ2) is 7.27. The van der Waals surface area contributed by atoms with Crippen molar-refractivity contribution in [1.82, 2.24) is 9.80 Å². The molecule has 2 aliphatic heterocycles. The van der Waals surface area contributed by atoms with Crippen LogP contribution >= 0.6 is 11.3 Å². The number of hydrogen-bond donors (Lipinski definition) is 0. The van der Waals surface area contributed by atoms with Crippen LogP contribution in [0, 0.1) is 5.92 Å². The first kappa shape index (κ1) is 17.5. The summed E-state index contributed by atoms with van der Waals surface area (Å²) in [6.07, 6.45) is 0.0188. The molecule has 2 aliphatic rings. The Hall–Kier alpha value is -1.34. The standard InChI is InChI=1S/C17H21F3N2OS/c18-17(19,20)12-21-7-1-3-14(11-21)16(23)22-8-5-13(6-9-22)15-4-2-10-24-15/h2,4-5,10,14H,1,3,6-9,11-12H2. The molecule has 1 saturated heterocycles. The van der Waals surface area contributed by atoms with Gasteiger partial charge in [-0.2, -0.15) is 13.2 Å². The predicted octanol–water partition coefficient (Wildman–Crippen LogP) is 3.64. The molecule has 132 valence electrons. The van der Waals surface area contributed by atoms with E-state index in [1.807, 2.05) is 11.4 Å². The molecule has 1 fully saturated rings. The molecule has 0 aromatic carbocycles. The molecule has 0 spiro atoms. The highest BCUT2D eigenvalue weighted by Crippen LogP contribution is 2.28. The highest BCUT2D eigenvalue weighted by Gasteiger charge is 2.36. The summed E-state index contributed by atoms with van der Waals surface area (Å²) in [5, 5.41) is 2.03. The Morgan fingerprint density at radius 2 is 2.17 bits per heavy atom. The summed E-state index contributed by atoms with van der Waals surface area (Å²) in [5.41, 5.74) is 1.26. The molecule has 0 saturated carbocycles. The molecule has 1 unspecified atom stereocenters. The average molecular weight is 358 g/mol. The van der Waals surface area contributed by atoms with E-state index in [9.17, 15) is 18.0 Å². The molecule has 0 aliphatic carbocycles. The highest BCUT2D eigenvalue weighted by atomic mass is 32.1. The fourth-order valence-corrected chi connectivity index (χ4v) is 4.26. The van der Waals surface area contributed by atoms with Crippen molar-refractivity contribution in [2.24, 2.45) is 5.92 Å². The maximum absolute atomic E-state index is 12.6. The van der Waals surface area contributed by atoms with Crippen molar-refractivity contribution in [2.45, 2.75) is 25.4 Å². The molecule has 7 heteroatoms. The Morgan fingerprint density at radius 1 is 1.33 bits per heavy atom. The molecular formula is C17H21F3N2OS. The van der Waals surface area contributed by atoms with Crippen LogP contribution in [0.25, 0.3) is 5.57 Å². The van der Waals surface area contributed by atoms with Crippen molar-refractivity contribution in [3.8, 4) is 0 Å². The third kappa shape index (κ3) is 4.39. The van der Waals surface area contributed by atoms with Crippen molar-refractivity contribution in [2.75, 3.05) is 32.7 Å². The summed E-state index contributed by atoms with van der Waals surface area (Å²) in [6, 6.07) is 4.08. The lowest BCUT2D eigenvalue weighted by Gasteiger charge is -2.36. The van der Waals surface area contributed by atoms with E-state index >= 15 is 0 Å². The molecule has 24 heavy (non-hydrogen) atoms. The molecule has 0 bridgehead atoms. The lowest BCUT2D eigenvalue weighted by molar-refractivity contribution is -0.154. The smallest absolute Gasteiger partial charge is 0.338 e. The maximum atomic E-state index is 12.6. The third-order valence-electron chi connectivity index (χ3n) is 4.62. The average Bonchev–Trinajstić information content (AvgIpc) is 3.07. The van der Waals surface area contributed by atoms with Crippen LogP contribution in [0.4, 0.5) is 13.2 Å². The summed E-state index contributed by atoms with van der Waals surface area (Å²) >= 11 is 1.69. The molecule has 0 radical (unpaired) electrons. The number of thiophene rings is 1. The fourth-order valence-electron chi connectivity index (χ4n) is 3.47. The number of rotatable bonds is 3. The van der Waals surface area contributed by atoms with E-state index in [4.69, 9.17) is 0 Å². The monoisotopic (exact) mass is 358 g/mol. The second-order valence-corrected chi connectivity index (χ2v) is 7.38. The minimum atomic E-state index is -4.20. The predicted molar refractivity (Wildman–Crippen MR) is 88.7 cm³/mol. The molecular weight excluding hydrogens is 337 g/mol. The second-order valence-electron chi connectivity index (χ2n) is 6.43. The highest BCUT2D eigenvalue weighted by molar-refractivity contribution is 7.11. The van der Waals surface area contributed by atoms with E-state index in [0.29, 0.717) is 32.5 Å². The number of nitrogens with zero attached hydrogens (tertiary/aromatic N) is 2. The normalized spacial score (nSPS) is 23.2. The zero-order valence-electron chi connectivity index (χ0n) is 13.4. The molecule has 1 aromatic heterocycles. The van der Waals surface area contributed by atoms with Crippen molar-refractivity contribution in [3.05, 3.63) is 28.5 Å². The van der Waals surface area contributed by atoms with E-state index in [-0.39, 0.29) is 18.4 Å². The molecule has 3 nitrogen and oxygen atoms in total. The Kier molecular flexibility index (Phi) is 5.30. The van der Waals surface area contributed by atoms with Crippen LogP contribution in [-0.2, 0) is 4.79 Å². The number of piperidine rings is 1. The van der Waals surface area contributed by atoms with Crippen LogP contribution in [0.1, 0.15) is 24.1 Å². The summed E-state index contributed by atoms with van der Waals surface area (Å²) in [6.45, 7) is 0.932. The Bertz CT molecular complexity index is 597. The van der Waals surface area contributed by atoms with E-state index in [0.717, 1.165) is 6.42 Å². The van der Waals surface area contributed by atoms with Gasteiger partial charge in [0.2, 0.25) is 5.91 Å². The van der Waals surface area contributed by atoms with Gasteiger partial charge < -0.3 is 4.90 Å². The topological polar surface area (TPSA) is 23.6 Å². The number of carbonyl (C=O) groups excluding carboxylic acids is 1. The minimum Gasteiger partial charge on any atom is -0.338 e. The zero-order chi connectivity index (χ0) is 17.2. The van der Waals surface area contributed by atoms with Gasteiger partial charge >= 0.3 is 6.18 Å². The molecule has 0 N–H and O–H groups in total. The van der Waals surface area contributed by atoms with Crippen molar-refractivity contribution >= 4 is 22.8 Å².